The van der Waals surface area contributed by atoms with Crippen molar-refractivity contribution in [2.24, 2.45) is 0 Å². The largest absolute Gasteiger partial charge is 0.237 e. The summed E-state index contributed by atoms with van der Waals surface area (Å²) >= 11 is 0. The highest BCUT2D eigenvalue weighted by Crippen LogP contribution is 2.32. The third-order valence-corrected chi connectivity index (χ3v) is 11.2. The molecule has 0 aliphatic heterocycles. The Balaban J connectivity index is 4.48. The van der Waals surface area contributed by atoms with Crippen molar-refractivity contribution in [3.8, 4) is 0 Å². The third-order valence-electron chi connectivity index (χ3n) is 5.45. The molecule has 1 unspecified atom stereocenters. The minimum Gasteiger partial charge on any atom is -0.237 e. The Kier molecular flexibility index (Phi) is 14.9. The molecule has 0 amide bonds. The molecule has 0 aromatic heterocycles. The van der Waals surface area contributed by atoms with Gasteiger partial charge in [-0.15, -0.1) is 0 Å². The highest BCUT2D eigenvalue weighted by atomic mass is 28.3. The van der Waals surface area contributed by atoms with E-state index in [4.69, 9.17) is 0 Å². The minimum atomic E-state index is -1.58. The zero-order valence-corrected chi connectivity index (χ0v) is 17.1. The molecule has 2 heteroatoms. The summed E-state index contributed by atoms with van der Waals surface area (Å²) in [6, 6.07) is 3.95. The molecule has 0 aromatic carbocycles. The van der Waals surface area contributed by atoms with Crippen LogP contribution in [-0.4, -0.2) is 13.8 Å². The van der Waals surface area contributed by atoms with Gasteiger partial charge in [0.1, 0.15) is 0 Å². The molecule has 0 saturated carbocycles. The third kappa shape index (κ3) is 10.0. The molecule has 1 atom stereocenters. The molecule has 0 rings (SSSR count). The molecule has 0 N–H and O–H groups in total. The van der Waals surface area contributed by atoms with E-state index in [0.717, 1.165) is 0 Å². The van der Waals surface area contributed by atoms with Crippen LogP contribution in [0.3, 0.4) is 0 Å². The first kappa shape index (κ1) is 22.2. The molecule has 0 fully saturated rings. The van der Waals surface area contributed by atoms with Crippen molar-refractivity contribution in [3.05, 3.63) is 0 Å². The van der Waals surface area contributed by atoms with Crippen LogP contribution >= 0.6 is 0 Å². The summed E-state index contributed by atoms with van der Waals surface area (Å²) < 4.78 is 0. The summed E-state index contributed by atoms with van der Waals surface area (Å²) in [5, 5.41) is 12.6. The maximum atomic E-state index is 12.6. The Hall–Kier alpha value is 0.177. The van der Waals surface area contributed by atoms with Gasteiger partial charge in [0.2, 0.25) is 0 Å². The summed E-state index contributed by atoms with van der Waals surface area (Å²) in [4.78, 5) is 0. The molecule has 0 aliphatic rings. The normalized spacial score (nSPS) is 13.5. The van der Waals surface area contributed by atoms with Gasteiger partial charge < -0.3 is 0 Å². The fraction of sp³-hybridized carbons (Fsp3) is 1.00. The van der Waals surface area contributed by atoms with E-state index in [-0.39, 0.29) is 5.73 Å². The van der Waals surface area contributed by atoms with Gasteiger partial charge in [-0.2, -0.15) is 0 Å². The van der Waals surface area contributed by atoms with Crippen LogP contribution in [0.25, 0.3) is 0 Å². The Labute approximate surface area is 142 Å². The second-order valence-electron chi connectivity index (χ2n) is 7.44. The summed E-state index contributed by atoms with van der Waals surface area (Å²) in [6.45, 7) is 8.83. The van der Waals surface area contributed by atoms with Crippen LogP contribution in [0, 0.1) is 0 Å². The Bertz CT molecular complexity index is 196. The molecule has 0 heterocycles. The maximum Gasteiger partial charge on any atom is 0.0915 e. The van der Waals surface area contributed by atoms with Gasteiger partial charge in [-0.25, -0.2) is 5.11 Å². The van der Waals surface area contributed by atoms with Gasteiger partial charge in [0, 0.05) is 0 Å². The molecular formula is C20H43OSi. The van der Waals surface area contributed by atoms with Crippen molar-refractivity contribution in [3.63, 3.8) is 0 Å². The summed E-state index contributed by atoms with van der Waals surface area (Å²) in [5.41, 5.74) is -0.252. The lowest BCUT2D eigenvalue weighted by Crippen LogP contribution is -2.45. The lowest BCUT2D eigenvalue weighted by molar-refractivity contribution is 0.160. The van der Waals surface area contributed by atoms with E-state index >= 15 is 0 Å². The second-order valence-corrected chi connectivity index (χ2v) is 12.5. The molecule has 0 aromatic rings. The Morgan fingerprint density at radius 2 is 0.909 bits per heavy atom. The van der Waals surface area contributed by atoms with E-state index in [2.05, 4.69) is 20.8 Å². The van der Waals surface area contributed by atoms with Crippen molar-refractivity contribution in [1.29, 1.82) is 0 Å². The SMILES string of the molecule is CCCCCC[Si](CCCCCC)(CCCCCC)C(C)[O]. The number of hydrogen-bond acceptors (Lipinski definition) is 0. The van der Waals surface area contributed by atoms with Crippen molar-refractivity contribution >= 4 is 8.07 Å². The van der Waals surface area contributed by atoms with Crippen LogP contribution in [0.4, 0.5) is 0 Å². The molecule has 133 valence electrons. The Morgan fingerprint density at radius 3 is 1.14 bits per heavy atom. The molecular weight excluding hydrogens is 284 g/mol. The number of hydrogen-bond donors (Lipinski definition) is 0. The van der Waals surface area contributed by atoms with E-state index in [1.165, 1.54) is 95.2 Å². The van der Waals surface area contributed by atoms with Gasteiger partial charge in [-0.05, 0) is 6.92 Å². The highest BCUT2D eigenvalue weighted by molar-refractivity contribution is 6.80. The molecule has 1 radical (unpaired) electrons. The van der Waals surface area contributed by atoms with Gasteiger partial charge in [-0.3, -0.25) is 0 Å². The Morgan fingerprint density at radius 1 is 0.591 bits per heavy atom. The minimum absolute atomic E-state index is 0.252. The lowest BCUT2D eigenvalue weighted by atomic mass is 10.2. The van der Waals surface area contributed by atoms with Crippen molar-refractivity contribution in [2.45, 2.75) is 129 Å². The first-order chi connectivity index (χ1) is 10.6. The first-order valence-electron chi connectivity index (χ1n) is 10.3. The van der Waals surface area contributed by atoms with Crippen LogP contribution in [0.15, 0.2) is 0 Å². The fourth-order valence-electron chi connectivity index (χ4n) is 3.70. The van der Waals surface area contributed by atoms with Crippen molar-refractivity contribution in [1.82, 2.24) is 0 Å². The fourth-order valence-corrected chi connectivity index (χ4v) is 8.53. The van der Waals surface area contributed by atoms with Crippen LogP contribution in [0.1, 0.15) is 105 Å². The van der Waals surface area contributed by atoms with Crippen molar-refractivity contribution < 1.29 is 5.11 Å². The zero-order chi connectivity index (χ0) is 16.7. The monoisotopic (exact) mass is 327 g/mol. The topological polar surface area (TPSA) is 19.9 Å². The highest BCUT2D eigenvalue weighted by Gasteiger charge is 2.37. The predicted molar refractivity (Wildman–Crippen MR) is 103 cm³/mol. The van der Waals surface area contributed by atoms with Gasteiger partial charge in [-0.1, -0.05) is 116 Å². The summed E-state index contributed by atoms with van der Waals surface area (Å²) in [6.07, 6.45) is 16.0. The van der Waals surface area contributed by atoms with E-state index in [1.54, 1.807) is 0 Å². The van der Waals surface area contributed by atoms with Gasteiger partial charge in [0.25, 0.3) is 0 Å². The lowest BCUT2D eigenvalue weighted by Gasteiger charge is -2.34. The quantitative estimate of drug-likeness (QED) is 0.206. The molecule has 0 bridgehead atoms. The van der Waals surface area contributed by atoms with Crippen molar-refractivity contribution in [2.75, 3.05) is 0 Å². The van der Waals surface area contributed by atoms with Gasteiger partial charge in [0.05, 0.1) is 13.8 Å². The standard InChI is InChI=1S/C20H43OSi/c1-5-8-11-14-17-22(20(4)21,18-15-12-9-6-2)19-16-13-10-7-3/h20H,5-19H2,1-4H3. The van der Waals surface area contributed by atoms with Gasteiger partial charge >= 0.3 is 0 Å². The van der Waals surface area contributed by atoms with Crippen LogP contribution in [-0.2, 0) is 5.11 Å². The van der Waals surface area contributed by atoms with E-state index in [0.29, 0.717) is 0 Å². The maximum absolute atomic E-state index is 12.6. The number of rotatable bonds is 16. The summed E-state index contributed by atoms with van der Waals surface area (Å²) in [5.74, 6) is 0. The molecule has 0 spiro atoms. The first-order valence-corrected chi connectivity index (χ1v) is 13.0. The predicted octanol–water partition coefficient (Wildman–Crippen LogP) is 7.53. The number of unbranched alkanes of at least 4 members (excludes halogenated alkanes) is 9. The van der Waals surface area contributed by atoms with E-state index < -0.39 is 8.07 Å². The van der Waals surface area contributed by atoms with Gasteiger partial charge in [0.15, 0.2) is 0 Å². The second kappa shape index (κ2) is 14.7. The molecule has 1 nitrogen and oxygen atoms in total. The summed E-state index contributed by atoms with van der Waals surface area (Å²) in [7, 11) is -1.58. The molecule has 0 aliphatic carbocycles. The molecule has 22 heavy (non-hydrogen) atoms. The van der Waals surface area contributed by atoms with Crippen LogP contribution in [0.5, 0.6) is 0 Å². The average Bonchev–Trinajstić information content (AvgIpc) is 2.51. The average molecular weight is 328 g/mol. The van der Waals surface area contributed by atoms with E-state index in [1.807, 2.05) is 6.92 Å². The smallest absolute Gasteiger partial charge is 0.0915 e. The van der Waals surface area contributed by atoms with Crippen LogP contribution < -0.4 is 0 Å². The van der Waals surface area contributed by atoms with Crippen LogP contribution in [0.2, 0.25) is 18.1 Å². The zero-order valence-electron chi connectivity index (χ0n) is 16.1. The van der Waals surface area contributed by atoms with E-state index in [9.17, 15) is 5.11 Å². The molecule has 0 saturated heterocycles.